The summed E-state index contributed by atoms with van der Waals surface area (Å²) in [4.78, 5) is 2.68. The lowest BCUT2D eigenvalue weighted by Gasteiger charge is -2.44. The van der Waals surface area contributed by atoms with Gasteiger partial charge in [0.15, 0.2) is 0 Å². The number of rotatable bonds is 2. The van der Waals surface area contributed by atoms with E-state index in [1.165, 1.54) is 36.7 Å². The molecule has 13 heavy (non-hydrogen) atoms. The first-order chi connectivity index (χ1) is 6.37. The van der Waals surface area contributed by atoms with E-state index in [0.29, 0.717) is 5.54 Å². The fourth-order valence-corrected chi connectivity index (χ4v) is 3.29. The molecule has 2 nitrogen and oxygen atoms in total. The second-order valence-corrected chi connectivity index (χ2v) is 5.24. The second-order valence-electron chi connectivity index (χ2n) is 4.16. The summed E-state index contributed by atoms with van der Waals surface area (Å²) >= 11 is 2.48. The van der Waals surface area contributed by atoms with Crippen LogP contribution in [0.4, 0.5) is 0 Å². The molecule has 1 heterocycles. The van der Waals surface area contributed by atoms with Gasteiger partial charge in [0.2, 0.25) is 0 Å². The van der Waals surface area contributed by atoms with E-state index < -0.39 is 0 Å². The van der Waals surface area contributed by atoms with Gasteiger partial charge in [0.25, 0.3) is 0 Å². The molecule has 1 saturated heterocycles. The van der Waals surface area contributed by atoms with Crippen LogP contribution in [0.3, 0.4) is 0 Å². The molecule has 0 aromatic carbocycles. The Balaban J connectivity index is 2.03. The van der Waals surface area contributed by atoms with E-state index in [0.717, 1.165) is 19.8 Å². The van der Waals surface area contributed by atoms with Crippen LogP contribution in [0.15, 0.2) is 0 Å². The van der Waals surface area contributed by atoms with Crippen molar-refractivity contribution in [2.24, 2.45) is 0 Å². The number of morpholine rings is 1. The van der Waals surface area contributed by atoms with Gasteiger partial charge in [-0.15, -0.1) is 0 Å². The van der Waals surface area contributed by atoms with Crippen LogP contribution in [0.5, 0.6) is 0 Å². The topological polar surface area (TPSA) is 12.5 Å². The van der Waals surface area contributed by atoms with Gasteiger partial charge in [-0.1, -0.05) is 35.4 Å². The summed E-state index contributed by atoms with van der Waals surface area (Å²) in [5, 5.41) is 0. The van der Waals surface area contributed by atoms with Crippen molar-refractivity contribution in [2.75, 3.05) is 30.7 Å². The maximum atomic E-state index is 5.64. The normalized spacial score (nSPS) is 28.4. The summed E-state index contributed by atoms with van der Waals surface area (Å²) in [6.07, 6.45) is 5.54. The number of hydrogen-bond donors (Lipinski definition) is 0. The van der Waals surface area contributed by atoms with Gasteiger partial charge in [-0.25, -0.2) is 0 Å². The molecule has 3 heteroatoms. The molecule has 1 spiro atoms. The molecular formula is C10H18INO. The Hall–Kier alpha value is 0.650. The van der Waals surface area contributed by atoms with Gasteiger partial charge in [-0.05, 0) is 12.8 Å². The van der Waals surface area contributed by atoms with Crippen LogP contribution in [0.2, 0.25) is 0 Å². The first kappa shape index (κ1) is 10.2. The minimum Gasteiger partial charge on any atom is -0.378 e. The predicted octanol–water partition coefficient (Wildman–Crippen LogP) is 2.07. The molecule has 0 unspecified atom stereocenters. The Morgan fingerprint density at radius 1 is 1.31 bits per heavy atom. The van der Waals surface area contributed by atoms with Crippen LogP contribution in [-0.2, 0) is 4.74 Å². The fraction of sp³-hybridized carbons (Fsp3) is 1.00. The lowest BCUT2D eigenvalue weighted by atomic mass is 9.95. The number of hydrogen-bond acceptors (Lipinski definition) is 2. The quantitative estimate of drug-likeness (QED) is 0.571. The lowest BCUT2D eigenvalue weighted by molar-refractivity contribution is -0.0624. The summed E-state index contributed by atoms with van der Waals surface area (Å²) < 4.78 is 6.89. The van der Waals surface area contributed by atoms with Crippen LogP contribution in [0, 0.1) is 0 Å². The zero-order valence-electron chi connectivity index (χ0n) is 8.10. The molecule has 0 atom stereocenters. The van der Waals surface area contributed by atoms with Crippen molar-refractivity contribution < 1.29 is 4.74 Å². The average molecular weight is 295 g/mol. The van der Waals surface area contributed by atoms with Crippen LogP contribution in [0.25, 0.3) is 0 Å². The molecule has 2 rings (SSSR count). The van der Waals surface area contributed by atoms with Crippen LogP contribution < -0.4 is 0 Å². The molecule has 76 valence electrons. The maximum absolute atomic E-state index is 5.64. The van der Waals surface area contributed by atoms with Gasteiger partial charge in [-0.2, -0.15) is 0 Å². The molecule has 0 radical (unpaired) electrons. The number of halogens is 1. The molecule has 2 fully saturated rings. The SMILES string of the molecule is ICCN1CCOCC12CCCC2. The van der Waals surface area contributed by atoms with Crippen molar-refractivity contribution in [1.82, 2.24) is 4.90 Å². The van der Waals surface area contributed by atoms with Gasteiger partial charge in [-0.3, -0.25) is 4.90 Å². The van der Waals surface area contributed by atoms with Gasteiger partial charge in [0, 0.05) is 23.1 Å². The van der Waals surface area contributed by atoms with Gasteiger partial charge in [0.05, 0.1) is 13.2 Å². The number of ether oxygens (including phenoxy) is 1. The van der Waals surface area contributed by atoms with Crippen molar-refractivity contribution in [1.29, 1.82) is 0 Å². The highest BCUT2D eigenvalue weighted by atomic mass is 127. The molecule has 0 bridgehead atoms. The van der Waals surface area contributed by atoms with E-state index in [2.05, 4.69) is 27.5 Å². The largest absolute Gasteiger partial charge is 0.378 e. The van der Waals surface area contributed by atoms with Crippen LogP contribution >= 0.6 is 22.6 Å². The van der Waals surface area contributed by atoms with Crippen LogP contribution in [0.1, 0.15) is 25.7 Å². The fourth-order valence-electron chi connectivity index (χ4n) is 2.71. The summed E-state index contributed by atoms with van der Waals surface area (Å²) in [6, 6.07) is 0. The third-order valence-electron chi connectivity index (χ3n) is 3.44. The third kappa shape index (κ3) is 2.02. The van der Waals surface area contributed by atoms with Crippen molar-refractivity contribution in [3.05, 3.63) is 0 Å². The summed E-state index contributed by atoms with van der Waals surface area (Å²) in [5.41, 5.74) is 0.448. The van der Waals surface area contributed by atoms with Gasteiger partial charge < -0.3 is 4.74 Å². The average Bonchev–Trinajstić information content (AvgIpc) is 2.59. The van der Waals surface area contributed by atoms with E-state index in [1.807, 2.05) is 0 Å². The number of alkyl halides is 1. The summed E-state index contributed by atoms with van der Waals surface area (Å²) in [5.74, 6) is 0. The van der Waals surface area contributed by atoms with Crippen molar-refractivity contribution in [2.45, 2.75) is 31.2 Å². The Kier molecular flexibility index (Phi) is 3.48. The highest BCUT2D eigenvalue weighted by Gasteiger charge is 2.41. The minimum atomic E-state index is 0.448. The Morgan fingerprint density at radius 3 is 2.77 bits per heavy atom. The molecule has 2 aliphatic rings. The molecule has 0 amide bonds. The predicted molar refractivity (Wildman–Crippen MR) is 62.5 cm³/mol. The molecular weight excluding hydrogens is 277 g/mol. The summed E-state index contributed by atoms with van der Waals surface area (Å²) in [7, 11) is 0. The van der Waals surface area contributed by atoms with E-state index in [4.69, 9.17) is 4.74 Å². The third-order valence-corrected chi connectivity index (χ3v) is 3.92. The maximum Gasteiger partial charge on any atom is 0.0651 e. The molecule has 0 aromatic rings. The Morgan fingerprint density at radius 2 is 2.08 bits per heavy atom. The molecule has 0 aromatic heterocycles. The highest BCUT2D eigenvalue weighted by molar-refractivity contribution is 14.1. The second kappa shape index (κ2) is 4.45. The zero-order valence-corrected chi connectivity index (χ0v) is 10.3. The highest BCUT2D eigenvalue weighted by Crippen LogP contribution is 2.37. The minimum absolute atomic E-state index is 0.448. The first-order valence-corrected chi connectivity index (χ1v) is 6.79. The van der Waals surface area contributed by atoms with E-state index in [1.54, 1.807) is 0 Å². The van der Waals surface area contributed by atoms with Crippen LogP contribution in [-0.4, -0.2) is 41.2 Å². The van der Waals surface area contributed by atoms with E-state index in [-0.39, 0.29) is 0 Å². The van der Waals surface area contributed by atoms with Crippen molar-refractivity contribution in [3.8, 4) is 0 Å². The molecule has 0 N–H and O–H groups in total. The smallest absolute Gasteiger partial charge is 0.0651 e. The molecule has 1 aliphatic carbocycles. The molecule has 1 saturated carbocycles. The monoisotopic (exact) mass is 295 g/mol. The van der Waals surface area contributed by atoms with Crippen molar-refractivity contribution >= 4 is 22.6 Å². The lowest BCUT2D eigenvalue weighted by Crippen LogP contribution is -2.55. The molecule has 1 aliphatic heterocycles. The standard InChI is InChI=1S/C10H18INO/c11-5-6-12-7-8-13-9-10(12)3-1-2-4-10/h1-9H2. The van der Waals surface area contributed by atoms with E-state index in [9.17, 15) is 0 Å². The Labute approximate surface area is 94.1 Å². The van der Waals surface area contributed by atoms with Gasteiger partial charge in [0.1, 0.15) is 0 Å². The zero-order chi connectivity index (χ0) is 9.15. The first-order valence-electron chi connectivity index (χ1n) is 5.26. The summed E-state index contributed by atoms with van der Waals surface area (Å²) in [6.45, 7) is 4.34. The van der Waals surface area contributed by atoms with Crippen molar-refractivity contribution in [3.63, 3.8) is 0 Å². The van der Waals surface area contributed by atoms with E-state index >= 15 is 0 Å². The Bertz CT molecular complexity index is 166. The van der Waals surface area contributed by atoms with Gasteiger partial charge >= 0.3 is 0 Å². The number of nitrogens with zero attached hydrogens (tertiary/aromatic N) is 1.